The SMILES string of the molecule is CC(C)N1C(CC(C)(C)C=O)C1(C)C. The monoisotopic (exact) mass is 197 g/mol. The summed E-state index contributed by atoms with van der Waals surface area (Å²) in [6.07, 6.45) is 2.06. The summed E-state index contributed by atoms with van der Waals surface area (Å²) in [7, 11) is 0. The molecular weight excluding hydrogens is 174 g/mol. The lowest BCUT2D eigenvalue weighted by atomic mass is 9.87. The van der Waals surface area contributed by atoms with Gasteiger partial charge in [0.1, 0.15) is 6.29 Å². The zero-order valence-corrected chi connectivity index (χ0v) is 10.3. The van der Waals surface area contributed by atoms with E-state index in [2.05, 4.69) is 32.6 Å². The molecule has 0 N–H and O–H groups in total. The Balaban J connectivity index is 2.61. The molecule has 0 radical (unpaired) electrons. The third-order valence-electron chi connectivity index (χ3n) is 3.34. The van der Waals surface area contributed by atoms with Crippen LogP contribution in [0, 0.1) is 5.41 Å². The maximum atomic E-state index is 10.9. The zero-order chi connectivity index (χ0) is 11.1. The Hall–Kier alpha value is -0.370. The summed E-state index contributed by atoms with van der Waals surface area (Å²) < 4.78 is 0. The third kappa shape index (κ3) is 2.00. The van der Waals surface area contributed by atoms with Crippen molar-refractivity contribution in [3.05, 3.63) is 0 Å². The van der Waals surface area contributed by atoms with Gasteiger partial charge in [0.25, 0.3) is 0 Å². The molecule has 0 aliphatic carbocycles. The van der Waals surface area contributed by atoms with Crippen molar-refractivity contribution in [3.8, 4) is 0 Å². The summed E-state index contributed by atoms with van der Waals surface area (Å²) in [5.41, 5.74) is 0.111. The Bertz CT molecular complexity index is 230. The van der Waals surface area contributed by atoms with E-state index in [4.69, 9.17) is 0 Å². The largest absolute Gasteiger partial charge is 0.303 e. The predicted molar refractivity (Wildman–Crippen MR) is 59.3 cm³/mol. The average molecular weight is 197 g/mol. The molecule has 1 rings (SSSR count). The fourth-order valence-electron chi connectivity index (χ4n) is 2.52. The van der Waals surface area contributed by atoms with Crippen LogP contribution in [-0.4, -0.2) is 28.8 Å². The third-order valence-corrected chi connectivity index (χ3v) is 3.34. The molecule has 0 aromatic heterocycles. The maximum Gasteiger partial charge on any atom is 0.125 e. The lowest BCUT2D eigenvalue weighted by molar-refractivity contribution is -0.115. The number of rotatable bonds is 4. The standard InChI is InChI=1S/C12H23NO/c1-9(2)13-10(12(13,5)6)7-11(3,4)8-14/h8-10H,7H2,1-6H3. The molecule has 2 nitrogen and oxygen atoms in total. The lowest BCUT2D eigenvalue weighted by Crippen LogP contribution is -2.20. The van der Waals surface area contributed by atoms with Gasteiger partial charge in [0, 0.05) is 23.0 Å². The van der Waals surface area contributed by atoms with Gasteiger partial charge < -0.3 is 4.79 Å². The molecule has 1 fully saturated rings. The minimum absolute atomic E-state index is 0.175. The number of hydrogen-bond donors (Lipinski definition) is 0. The molecular formula is C12H23NO. The van der Waals surface area contributed by atoms with Gasteiger partial charge in [-0.15, -0.1) is 0 Å². The van der Waals surface area contributed by atoms with Crippen LogP contribution in [0.15, 0.2) is 0 Å². The van der Waals surface area contributed by atoms with Crippen LogP contribution in [0.1, 0.15) is 48.0 Å². The molecule has 1 aliphatic heterocycles. The van der Waals surface area contributed by atoms with Gasteiger partial charge in [-0.1, -0.05) is 13.8 Å². The number of nitrogens with zero attached hydrogens (tertiary/aromatic N) is 1. The van der Waals surface area contributed by atoms with Crippen LogP contribution >= 0.6 is 0 Å². The Morgan fingerprint density at radius 2 is 1.93 bits per heavy atom. The molecule has 2 unspecified atom stereocenters. The highest BCUT2D eigenvalue weighted by atomic mass is 16.1. The minimum atomic E-state index is -0.175. The Morgan fingerprint density at radius 1 is 1.43 bits per heavy atom. The molecule has 14 heavy (non-hydrogen) atoms. The molecule has 0 spiro atoms. The van der Waals surface area contributed by atoms with E-state index >= 15 is 0 Å². The second-order valence-electron chi connectivity index (χ2n) is 5.98. The highest BCUT2D eigenvalue weighted by Gasteiger charge is 2.57. The Labute approximate surface area is 87.7 Å². The second kappa shape index (κ2) is 3.34. The first-order valence-corrected chi connectivity index (χ1v) is 5.47. The summed E-state index contributed by atoms with van der Waals surface area (Å²) in [6, 6.07) is 1.15. The molecule has 0 saturated carbocycles. The van der Waals surface area contributed by atoms with Crippen LogP contribution in [0.2, 0.25) is 0 Å². The Morgan fingerprint density at radius 3 is 2.21 bits per heavy atom. The van der Waals surface area contributed by atoms with Gasteiger partial charge in [-0.3, -0.25) is 4.90 Å². The number of hydrogen-bond acceptors (Lipinski definition) is 2. The van der Waals surface area contributed by atoms with Crippen LogP contribution < -0.4 is 0 Å². The highest BCUT2D eigenvalue weighted by molar-refractivity contribution is 5.58. The van der Waals surface area contributed by atoms with Crippen LogP contribution in [0.3, 0.4) is 0 Å². The smallest absolute Gasteiger partial charge is 0.125 e. The molecule has 82 valence electrons. The van der Waals surface area contributed by atoms with E-state index < -0.39 is 0 Å². The van der Waals surface area contributed by atoms with Crippen LogP contribution in [0.25, 0.3) is 0 Å². The zero-order valence-electron chi connectivity index (χ0n) is 10.3. The van der Waals surface area contributed by atoms with Gasteiger partial charge in [0.2, 0.25) is 0 Å². The fraction of sp³-hybridized carbons (Fsp3) is 0.917. The summed E-state index contributed by atoms with van der Waals surface area (Å²) in [5.74, 6) is 0. The first-order valence-electron chi connectivity index (χ1n) is 5.47. The van der Waals surface area contributed by atoms with Crippen molar-refractivity contribution in [1.29, 1.82) is 0 Å². The van der Waals surface area contributed by atoms with Gasteiger partial charge in [-0.05, 0) is 34.1 Å². The van der Waals surface area contributed by atoms with E-state index in [1.54, 1.807) is 0 Å². The van der Waals surface area contributed by atoms with E-state index in [1.807, 2.05) is 13.8 Å². The van der Waals surface area contributed by atoms with Gasteiger partial charge in [0.15, 0.2) is 0 Å². The average Bonchev–Trinajstić information content (AvgIpc) is 2.52. The number of carbonyl (C=O) groups excluding carboxylic acids is 1. The normalized spacial score (nSPS) is 30.5. The fourth-order valence-corrected chi connectivity index (χ4v) is 2.52. The van der Waals surface area contributed by atoms with Crippen molar-refractivity contribution in [2.75, 3.05) is 0 Å². The van der Waals surface area contributed by atoms with Gasteiger partial charge in [-0.25, -0.2) is 0 Å². The van der Waals surface area contributed by atoms with Gasteiger partial charge in [0.05, 0.1) is 0 Å². The van der Waals surface area contributed by atoms with Crippen molar-refractivity contribution >= 4 is 6.29 Å². The molecule has 0 aromatic rings. The molecule has 1 aliphatic rings. The number of aldehydes is 1. The molecule has 1 saturated heterocycles. The summed E-state index contributed by atoms with van der Waals surface area (Å²) in [4.78, 5) is 13.3. The van der Waals surface area contributed by atoms with Crippen LogP contribution in [0.5, 0.6) is 0 Å². The summed E-state index contributed by atoms with van der Waals surface area (Å²) in [6.45, 7) is 13.0. The molecule has 0 aromatic carbocycles. The van der Waals surface area contributed by atoms with Gasteiger partial charge >= 0.3 is 0 Å². The molecule has 0 bridgehead atoms. The van der Waals surface area contributed by atoms with Crippen molar-refractivity contribution in [1.82, 2.24) is 4.90 Å². The molecule has 2 atom stereocenters. The lowest BCUT2D eigenvalue weighted by Gasteiger charge is -2.16. The van der Waals surface area contributed by atoms with E-state index in [0.29, 0.717) is 12.1 Å². The van der Waals surface area contributed by atoms with Crippen molar-refractivity contribution in [3.63, 3.8) is 0 Å². The van der Waals surface area contributed by atoms with Crippen LogP contribution in [-0.2, 0) is 4.79 Å². The topological polar surface area (TPSA) is 20.1 Å². The first-order chi connectivity index (χ1) is 6.22. The molecule has 0 amide bonds. The highest BCUT2D eigenvalue weighted by Crippen LogP contribution is 2.47. The maximum absolute atomic E-state index is 10.9. The molecule has 1 heterocycles. The Kier molecular flexibility index (Phi) is 2.79. The van der Waals surface area contributed by atoms with E-state index in [-0.39, 0.29) is 11.0 Å². The van der Waals surface area contributed by atoms with Crippen LogP contribution in [0.4, 0.5) is 0 Å². The quantitative estimate of drug-likeness (QED) is 0.509. The van der Waals surface area contributed by atoms with Crippen molar-refractivity contribution in [2.45, 2.75) is 65.6 Å². The summed E-state index contributed by atoms with van der Waals surface area (Å²) in [5, 5.41) is 0. The number of carbonyl (C=O) groups is 1. The second-order valence-corrected chi connectivity index (χ2v) is 5.98. The van der Waals surface area contributed by atoms with E-state index in [1.165, 1.54) is 0 Å². The molecule has 2 heteroatoms. The van der Waals surface area contributed by atoms with Crippen molar-refractivity contribution < 1.29 is 4.79 Å². The van der Waals surface area contributed by atoms with Crippen molar-refractivity contribution in [2.24, 2.45) is 5.41 Å². The van der Waals surface area contributed by atoms with E-state index in [0.717, 1.165) is 12.7 Å². The van der Waals surface area contributed by atoms with Gasteiger partial charge in [-0.2, -0.15) is 0 Å². The minimum Gasteiger partial charge on any atom is -0.303 e. The summed E-state index contributed by atoms with van der Waals surface area (Å²) >= 11 is 0. The predicted octanol–water partition coefficient (Wildman–Crippen LogP) is 2.47. The van der Waals surface area contributed by atoms with E-state index in [9.17, 15) is 4.79 Å². The first kappa shape index (κ1) is 11.7.